The Morgan fingerprint density at radius 3 is 1.75 bits per heavy atom. The van der Waals surface area contributed by atoms with Gasteiger partial charge in [-0.25, -0.2) is 19.6 Å². The standard InChI is InChI=1S/C45H54N8O7S/c1-27(2)37(50-43(56)58-5)41(54)52-21-7-8-35(52)39-46-24-33(48-39)31-15-11-29(12-16-31)9-10-30-13-17-32(18-14-30)34-25-47-40(49-34)36-26-61-45(19-22-60-23-20-45)53(36)42(55)38(28(3)4)51-44(57)59-6/h11-18,24-25,27-28,35-38H,7-8,19-23,26H2,1-6H3,(H,46,48)(H,47,49)(H,50,56)(H,51,57)/t35-,36-,37-,38-/m0/s1. The number of nitrogens with zero attached hydrogens (tertiary/aromatic N) is 4. The molecule has 61 heavy (non-hydrogen) atoms. The fourth-order valence-electron chi connectivity index (χ4n) is 8.25. The Morgan fingerprint density at radius 1 is 0.770 bits per heavy atom. The normalized spacial score (nSPS) is 19.3. The number of ether oxygens (including phenoxy) is 3. The number of amides is 4. The van der Waals surface area contributed by atoms with Crippen LogP contribution in [-0.2, 0) is 23.8 Å². The van der Waals surface area contributed by atoms with Crippen molar-refractivity contribution in [3.05, 3.63) is 83.7 Å². The molecule has 2 aromatic heterocycles. The van der Waals surface area contributed by atoms with Crippen molar-refractivity contribution in [1.29, 1.82) is 0 Å². The van der Waals surface area contributed by atoms with Crippen molar-refractivity contribution in [2.75, 3.05) is 39.7 Å². The van der Waals surface area contributed by atoms with Crippen LogP contribution in [0.1, 0.15) is 88.2 Å². The second-order valence-electron chi connectivity index (χ2n) is 16.3. The van der Waals surface area contributed by atoms with E-state index in [1.165, 1.54) is 14.2 Å². The third-order valence-electron chi connectivity index (χ3n) is 11.7. The minimum Gasteiger partial charge on any atom is -0.453 e. The molecule has 3 saturated heterocycles. The minimum atomic E-state index is -0.754. The summed E-state index contributed by atoms with van der Waals surface area (Å²) in [6.45, 7) is 9.32. The number of hydrogen-bond donors (Lipinski definition) is 4. The zero-order valence-corrected chi connectivity index (χ0v) is 36.3. The second kappa shape index (κ2) is 18.9. The van der Waals surface area contributed by atoms with Crippen molar-refractivity contribution in [2.24, 2.45) is 11.8 Å². The zero-order chi connectivity index (χ0) is 43.3. The number of imidazole rings is 2. The van der Waals surface area contributed by atoms with E-state index >= 15 is 0 Å². The molecule has 4 N–H and O–H groups in total. The van der Waals surface area contributed by atoms with E-state index in [-0.39, 0.29) is 35.7 Å². The van der Waals surface area contributed by atoms with Gasteiger partial charge in [-0.2, -0.15) is 0 Å². The summed E-state index contributed by atoms with van der Waals surface area (Å²) in [5.74, 6) is 8.02. The van der Waals surface area contributed by atoms with Gasteiger partial charge in [0.25, 0.3) is 0 Å². The summed E-state index contributed by atoms with van der Waals surface area (Å²) in [5, 5.41) is 5.46. The van der Waals surface area contributed by atoms with Gasteiger partial charge in [0.15, 0.2) is 0 Å². The SMILES string of the molecule is COC(=O)N[C@H](C(=O)N1CCC[C@H]1c1ncc(-c2ccc(C#Cc3ccc(-c4cnc([C@@H]5CSC6(CCOCC6)N5C(=O)[C@@H](NC(=O)OC)C(C)C)[nH]4)cc3)cc2)[nH]1)C(C)C. The summed E-state index contributed by atoms with van der Waals surface area (Å²) >= 11 is 1.76. The van der Waals surface area contributed by atoms with Crippen LogP contribution in [0.4, 0.5) is 9.59 Å². The topological polar surface area (TPSA) is 184 Å². The Morgan fingerprint density at radius 2 is 1.26 bits per heavy atom. The van der Waals surface area contributed by atoms with Gasteiger partial charge >= 0.3 is 12.2 Å². The predicted octanol–water partition coefficient (Wildman–Crippen LogP) is 6.41. The maximum Gasteiger partial charge on any atom is 0.407 e. The van der Waals surface area contributed by atoms with Crippen molar-refractivity contribution >= 4 is 35.8 Å². The van der Waals surface area contributed by atoms with Gasteiger partial charge in [0.1, 0.15) is 29.8 Å². The molecule has 0 radical (unpaired) electrons. The number of H-pyrrole nitrogens is 2. The largest absolute Gasteiger partial charge is 0.453 e. The number of aromatic nitrogens is 4. The highest BCUT2D eigenvalue weighted by atomic mass is 32.2. The van der Waals surface area contributed by atoms with E-state index in [0.29, 0.717) is 50.0 Å². The second-order valence-corrected chi connectivity index (χ2v) is 17.6. The Hall–Kier alpha value is -5.79. The van der Waals surface area contributed by atoms with Crippen molar-refractivity contribution in [3.63, 3.8) is 0 Å². The van der Waals surface area contributed by atoms with Crippen LogP contribution < -0.4 is 10.6 Å². The average molecular weight is 851 g/mol. The maximum atomic E-state index is 14.3. The fraction of sp³-hybridized carbons (Fsp3) is 0.467. The lowest BCUT2D eigenvalue weighted by Crippen LogP contribution is -2.58. The Bertz CT molecular complexity index is 2260. The van der Waals surface area contributed by atoms with Gasteiger partial charge in [-0.05, 0) is 60.1 Å². The smallest absolute Gasteiger partial charge is 0.407 e. The van der Waals surface area contributed by atoms with Gasteiger partial charge in [-0.3, -0.25) is 9.59 Å². The van der Waals surface area contributed by atoms with Crippen molar-refractivity contribution in [2.45, 2.75) is 82.4 Å². The number of carbonyl (C=O) groups excluding carboxylic acids is 4. The van der Waals surface area contributed by atoms with E-state index in [1.807, 2.05) is 81.1 Å². The van der Waals surface area contributed by atoms with Crippen LogP contribution in [0.5, 0.6) is 0 Å². The molecule has 0 aliphatic carbocycles. The van der Waals surface area contributed by atoms with E-state index < -0.39 is 29.1 Å². The number of rotatable bonds is 10. The van der Waals surface area contributed by atoms with Crippen LogP contribution in [0.25, 0.3) is 22.5 Å². The molecule has 0 unspecified atom stereocenters. The fourth-order valence-corrected chi connectivity index (χ4v) is 9.84. The lowest BCUT2D eigenvalue weighted by atomic mass is 9.97. The number of aromatic amines is 2. The summed E-state index contributed by atoms with van der Waals surface area (Å²) in [6.07, 6.45) is 5.31. The molecule has 15 nitrogen and oxygen atoms in total. The zero-order valence-electron chi connectivity index (χ0n) is 35.4. The molecule has 1 spiro atoms. The highest BCUT2D eigenvalue weighted by Crippen LogP contribution is 2.51. The first-order chi connectivity index (χ1) is 29.4. The molecule has 16 heteroatoms. The predicted molar refractivity (Wildman–Crippen MR) is 231 cm³/mol. The number of hydrogen-bond acceptors (Lipinski definition) is 10. The molecule has 4 aromatic rings. The lowest BCUT2D eigenvalue weighted by Gasteiger charge is -2.44. The van der Waals surface area contributed by atoms with Crippen molar-refractivity contribution in [3.8, 4) is 34.4 Å². The van der Waals surface area contributed by atoms with Crippen LogP contribution in [0, 0.1) is 23.7 Å². The summed E-state index contributed by atoms with van der Waals surface area (Å²) in [6, 6.07) is 13.9. The maximum absolute atomic E-state index is 14.3. The van der Waals surface area contributed by atoms with Gasteiger partial charge in [-0.15, -0.1) is 11.8 Å². The van der Waals surface area contributed by atoms with Crippen molar-refractivity contribution in [1.82, 2.24) is 40.4 Å². The molecular formula is C45H54N8O7S. The molecule has 2 aromatic carbocycles. The van der Waals surface area contributed by atoms with E-state index in [2.05, 4.69) is 37.4 Å². The van der Waals surface area contributed by atoms with Gasteiger partial charge in [0.05, 0.1) is 48.9 Å². The van der Waals surface area contributed by atoms with E-state index in [0.717, 1.165) is 46.5 Å². The molecule has 3 aliphatic rings. The number of benzene rings is 2. The summed E-state index contributed by atoms with van der Waals surface area (Å²) < 4.78 is 15.3. The molecular weight excluding hydrogens is 797 g/mol. The van der Waals surface area contributed by atoms with E-state index in [1.54, 1.807) is 29.1 Å². The molecule has 0 bridgehead atoms. The quantitative estimate of drug-likeness (QED) is 0.130. The first kappa shape index (κ1) is 43.3. The number of carbonyl (C=O) groups is 4. The molecule has 4 amide bonds. The van der Waals surface area contributed by atoms with Crippen molar-refractivity contribution < 1.29 is 33.4 Å². The molecule has 322 valence electrons. The van der Waals surface area contributed by atoms with E-state index in [4.69, 9.17) is 19.2 Å². The Labute approximate surface area is 360 Å². The van der Waals surface area contributed by atoms with Gasteiger partial charge < -0.3 is 44.6 Å². The van der Waals surface area contributed by atoms with E-state index in [9.17, 15) is 19.2 Å². The first-order valence-corrected chi connectivity index (χ1v) is 21.8. The molecule has 0 saturated carbocycles. The van der Waals surface area contributed by atoms with Crippen LogP contribution in [0.3, 0.4) is 0 Å². The van der Waals surface area contributed by atoms with Crippen LogP contribution in [0.15, 0.2) is 60.9 Å². The molecule has 3 fully saturated rings. The summed E-state index contributed by atoms with van der Waals surface area (Å²) in [7, 11) is 2.58. The highest BCUT2D eigenvalue weighted by Gasteiger charge is 2.53. The Balaban J connectivity index is 1.01. The van der Waals surface area contributed by atoms with Gasteiger partial charge in [-0.1, -0.05) is 63.8 Å². The van der Waals surface area contributed by atoms with Crippen LogP contribution in [0.2, 0.25) is 0 Å². The number of thioether (sulfide) groups is 1. The van der Waals surface area contributed by atoms with Crippen LogP contribution >= 0.6 is 11.8 Å². The monoisotopic (exact) mass is 850 g/mol. The number of alkyl carbamates (subject to hydrolysis) is 2. The average Bonchev–Trinajstić information content (AvgIpc) is 4.11. The number of likely N-dealkylation sites (tertiary alicyclic amines) is 1. The molecule has 5 heterocycles. The third kappa shape index (κ3) is 9.43. The minimum absolute atomic E-state index is 0.111. The lowest BCUT2D eigenvalue weighted by molar-refractivity contribution is -0.142. The van der Waals surface area contributed by atoms with Crippen LogP contribution in [-0.4, -0.2) is 110 Å². The molecule has 4 atom stereocenters. The third-order valence-corrected chi connectivity index (χ3v) is 13.3. The summed E-state index contributed by atoms with van der Waals surface area (Å²) in [5.41, 5.74) is 5.25. The first-order valence-electron chi connectivity index (χ1n) is 20.8. The molecule has 3 aliphatic heterocycles. The van der Waals surface area contributed by atoms with Gasteiger partial charge in [0, 0.05) is 49.5 Å². The number of nitrogens with one attached hydrogen (secondary N) is 4. The highest BCUT2D eigenvalue weighted by molar-refractivity contribution is 8.00. The number of methoxy groups -OCH3 is 2. The summed E-state index contributed by atoms with van der Waals surface area (Å²) in [4.78, 5) is 71.7. The Kier molecular flexibility index (Phi) is 13.4. The molecule has 7 rings (SSSR count). The van der Waals surface area contributed by atoms with Gasteiger partial charge in [0.2, 0.25) is 11.8 Å².